The number of nitrogens with one attached hydrogen (secondary N) is 1. The van der Waals surface area contributed by atoms with Crippen LogP contribution < -0.4 is 14.8 Å². The number of hydrogen-bond acceptors (Lipinski definition) is 8. The first-order chi connectivity index (χ1) is 18.5. The van der Waals surface area contributed by atoms with Gasteiger partial charge in [0.1, 0.15) is 17.1 Å². The highest BCUT2D eigenvalue weighted by Crippen LogP contribution is 2.29. The molecule has 4 rings (SSSR count). The van der Waals surface area contributed by atoms with Crippen LogP contribution in [0.1, 0.15) is 15.9 Å². The third-order valence-electron chi connectivity index (χ3n) is 5.20. The number of aromatic nitrogens is 4. The summed E-state index contributed by atoms with van der Waals surface area (Å²) in [5, 5.41) is 12.2. The van der Waals surface area contributed by atoms with Gasteiger partial charge in [-0.2, -0.15) is 17.6 Å². The number of pyridine rings is 2. The Bertz CT molecular complexity index is 1480. The maximum atomic E-state index is 15.0. The summed E-state index contributed by atoms with van der Waals surface area (Å²) in [5.41, 5.74) is -0.975. The predicted molar refractivity (Wildman–Crippen MR) is 127 cm³/mol. The molecule has 0 saturated carbocycles. The Morgan fingerprint density at radius 1 is 1.00 bits per heavy atom. The van der Waals surface area contributed by atoms with Crippen molar-refractivity contribution in [1.29, 1.82) is 0 Å². The summed E-state index contributed by atoms with van der Waals surface area (Å²) in [7, 11) is 1.52. The van der Waals surface area contributed by atoms with Gasteiger partial charge in [0.25, 0.3) is 5.95 Å². The van der Waals surface area contributed by atoms with Crippen LogP contribution in [0.2, 0.25) is 0 Å². The fourth-order valence-corrected chi connectivity index (χ4v) is 3.30. The maximum absolute atomic E-state index is 15.0. The first kappa shape index (κ1) is 27.2. The Hall–Kier alpha value is -4.88. The summed E-state index contributed by atoms with van der Waals surface area (Å²) in [4.78, 5) is 27.1. The van der Waals surface area contributed by atoms with Crippen LogP contribution in [-0.4, -0.2) is 50.9 Å². The lowest BCUT2D eigenvalue weighted by Gasteiger charge is -2.11. The molecule has 202 valence electrons. The fourth-order valence-electron chi connectivity index (χ4n) is 3.30. The number of benzene rings is 1. The van der Waals surface area contributed by atoms with E-state index >= 15 is 4.39 Å². The number of nitrogens with zero attached hydrogens (tertiary/aromatic N) is 4. The molecule has 3 aromatic heterocycles. The highest BCUT2D eigenvalue weighted by Gasteiger charge is 2.28. The molecule has 3 heterocycles. The van der Waals surface area contributed by atoms with Crippen molar-refractivity contribution in [2.75, 3.05) is 19.0 Å². The molecule has 4 aromatic rings. The minimum Gasteiger partial charge on any atom is -0.497 e. The van der Waals surface area contributed by atoms with E-state index in [1.54, 1.807) is 24.3 Å². The number of rotatable bonds is 9. The van der Waals surface area contributed by atoms with Crippen molar-refractivity contribution in [3.05, 3.63) is 77.8 Å². The van der Waals surface area contributed by atoms with Crippen LogP contribution in [0.3, 0.4) is 0 Å². The molecule has 0 saturated heterocycles. The lowest BCUT2D eigenvalue weighted by atomic mass is 10.1. The second kappa shape index (κ2) is 11.2. The molecule has 0 bridgehead atoms. The number of anilines is 1. The van der Waals surface area contributed by atoms with E-state index in [1.165, 1.54) is 13.2 Å². The number of carbonyl (C=O) groups is 1. The van der Waals surface area contributed by atoms with Gasteiger partial charge in [-0.1, -0.05) is 12.1 Å². The van der Waals surface area contributed by atoms with Crippen LogP contribution >= 0.6 is 0 Å². The molecular weight excluding hydrogens is 529 g/mol. The smallest absolute Gasteiger partial charge is 0.422 e. The second-order valence-corrected chi connectivity index (χ2v) is 7.91. The molecule has 0 aliphatic carbocycles. The molecule has 0 spiro atoms. The zero-order valence-corrected chi connectivity index (χ0v) is 20.0. The van der Waals surface area contributed by atoms with Gasteiger partial charge in [0, 0.05) is 24.4 Å². The predicted octanol–water partition coefficient (Wildman–Crippen LogP) is 5.14. The SMILES string of the molecule is COc1ccc(CNc2ncc(-c3nc(-c4ccc(OCC(F)(F)F)nc4)cc(C(=O)O)c3F)nc2F)cc1. The monoisotopic (exact) mass is 547 g/mol. The van der Waals surface area contributed by atoms with E-state index in [4.69, 9.17) is 4.74 Å². The van der Waals surface area contributed by atoms with E-state index in [-0.39, 0.29) is 35.2 Å². The molecule has 1 aromatic carbocycles. The van der Waals surface area contributed by atoms with Gasteiger partial charge >= 0.3 is 12.1 Å². The average Bonchev–Trinajstić information content (AvgIpc) is 2.91. The quantitative estimate of drug-likeness (QED) is 0.275. The summed E-state index contributed by atoms with van der Waals surface area (Å²) in [5.74, 6) is -3.94. The van der Waals surface area contributed by atoms with Crippen molar-refractivity contribution in [2.24, 2.45) is 0 Å². The third-order valence-corrected chi connectivity index (χ3v) is 5.20. The van der Waals surface area contributed by atoms with Crippen LogP contribution in [0.25, 0.3) is 22.6 Å². The Morgan fingerprint density at radius 2 is 1.74 bits per heavy atom. The van der Waals surface area contributed by atoms with E-state index in [1.807, 2.05) is 0 Å². The highest BCUT2D eigenvalue weighted by molar-refractivity contribution is 5.91. The molecule has 9 nitrogen and oxygen atoms in total. The van der Waals surface area contributed by atoms with Crippen molar-refractivity contribution < 1.29 is 41.3 Å². The maximum Gasteiger partial charge on any atom is 0.422 e. The standard InChI is InChI=1S/C25H18F5N5O4/c1-38-15-5-2-13(3-6-15)9-32-23-22(27)35-18(11-33-23)21-20(26)16(24(36)37)8-17(34-21)14-4-7-19(31-10-14)39-12-25(28,29)30/h2-8,10-11H,9,12H2,1H3,(H,32,33)(H,36,37). The zero-order chi connectivity index (χ0) is 28.2. The van der Waals surface area contributed by atoms with Gasteiger partial charge in [-0.15, -0.1) is 0 Å². The number of ether oxygens (including phenoxy) is 2. The van der Waals surface area contributed by atoms with Crippen molar-refractivity contribution in [1.82, 2.24) is 19.9 Å². The first-order valence-electron chi connectivity index (χ1n) is 11.0. The molecule has 0 radical (unpaired) electrons. The topological polar surface area (TPSA) is 119 Å². The van der Waals surface area contributed by atoms with E-state index in [0.29, 0.717) is 5.75 Å². The Kier molecular flexibility index (Phi) is 7.83. The van der Waals surface area contributed by atoms with Gasteiger partial charge in [-0.3, -0.25) is 0 Å². The van der Waals surface area contributed by atoms with Crippen LogP contribution in [0.4, 0.5) is 27.8 Å². The number of alkyl halides is 3. The van der Waals surface area contributed by atoms with Crippen LogP contribution in [-0.2, 0) is 6.54 Å². The zero-order valence-electron chi connectivity index (χ0n) is 20.0. The summed E-state index contributed by atoms with van der Waals surface area (Å²) < 4.78 is 76.5. The number of carboxylic acid groups (broad SMARTS) is 1. The lowest BCUT2D eigenvalue weighted by molar-refractivity contribution is -0.154. The van der Waals surface area contributed by atoms with Gasteiger partial charge in [-0.05, 0) is 29.8 Å². The number of methoxy groups -OCH3 is 1. The Morgan fingerprint density at radius 3 is 2.33 bits per heavy atom. The minimum absolute atomic E-state index is 0.109. The number of aromatic carboxylic acids is 1. The largest absolute Gasteiger partial charge is 0.497 e. The van der Waals surface area contributed by atoms with Crippen LogP contribution in [0.5, 0.6) is 11.6 Å². The molecule has 2 N–H and O–H groups in total. The Labute approximate surface area is 217 Å². The molecule has 0 aliphatic rings. The Balaban J connectivity index is 1.60. The van der Waals surface area contributed by atoms with E-state index in [9.17, 15) is 27.5 Å². The molecule has 14 heteroatoms. The molecule has 39 heavy (non-hydrogen) atoms. The summed E-state index contributed by atoms with van der Waals surface area (Å²) in [6, 6.07) is 10.2. The summed E-state index contributed by atoms with van der Waals surface area (Å²) in [6.45, 7) is -1.37. The molecule has 0 amide bonds. The number of halogens is 5. The highest BCUT2D eigenvalue weighted by atomic mass is 19.4. The second-order valence-electron chi connectivity index (χ2n) is 7.91. The van der Waals surface area contributed by atoms with Crippen molar-refractivity contribution in [3.63, 3.8) is 0 Å². The molecular formula is C25H18F5N5O4. The van der Waals surface area contributed by atoms with Crippen LogP contribution in [0, 0.1) is 11.8 Å². The fraction of sp³-hybridized carbons (Fsp3) is 0.160. The minimum atomic E-state index is -4.57. The van der Waals surface area contributed by atoms with Gasteiger partial charge in [0.2, 0.25) is 5.88 Å². The average molecular weight is 547 g/mol. The first-order valence-corrected chi connectivity index (χ1v) is 11.0. The van der Waals surface area contributed by atoms with Gasteiger partial charge in [-0.25, -0.2) is 29.1 Å². The number of carboxylic acids is 1. The van der Waals surface area contributed by atoms with E-state index < -0.39 is 41.8 Å². The van der Waals surface area contributed by atoms with Gasteiger partial charge in [0.05, 0.1) is 24.6 Å². The molecule has 0 atom stereocenters. The van der Waals surface area contributed by atoms with E-state index in [0.717, 1.165) is 30.1 Å². The van der Waals surface area contributed by atoms with Gasteiger partial charge in [0.15, 0.2) is 18.2 Å². The van der Waals surface area contributed by atoms with Crippen molar-refractivity contribution >= 4 is 11.8 Å². The molecule has 0 aliphatic heterocycles. The molecule has 0 unspecified atom stereocenters. The normalized spacial score (nSPS) is 11.2. The summed E-state index contributed by atoms with van der Waals surface area (Å²) in [6.07, 6.45) is -2.48. The van der Waals surface area contributed by atoms with Crippen molar-refractivity contribution in [2.45, 2.75) is 12.7 Å². The lowest BCUT2D eigenvalue weighted by Crippen LogP contribution is -2.19. The van der Waals surface area contributed by atoms with Crippen LogP contribution in [0.15, 0.2) is 54.9 Å². The van der Waals surface area contributed by atoms with Crippen molar-refractivity contribution in [3.8, 4) is 34.3 Å². The molecule has 0 fully saturated rings. The third kappa shape index (κ3) is 6.71. The summed E-state index contributed by atoms with van der Waals surface area (Å²) >= 11 is 0. The van der Waals surface area contributed by atoms with Gasteiger partial charge < -0.3 is 19.9 Å². The van der Waals surface area contributed by atoms with E-state index in [2.05, 4.69) is 30.0 Å². The number of hydrogen-bond donors (Lipinski definition) is 2.